The number of nitrogens with zero attached hydrogens (tertiary/aromatic N) is 2. The predicted octanol–water partition coefficient (Wildman–Crippen LogP) is -0.813. The summed E-state index contributed by atoms with van der Waals surface area (Å²) in [5, 5.41) is 8.49. The van der Waals surface area contributed by atoms with Crippen LogP contribution >= 0.6 is 17.0 Å². The van der Waals surface area contributed by atoms with E-state index in [1.54, 1.807) is 0 Å². The highest BCUT2D eigenvalue weighted by Gasteiger charge is 2.10. The Kier molecular flexibility index (Phi) is 4.38. The molecule has 0 aromatic heterocycles. The highest BCUT2D eigenvalue weighted by atomic mass is 79.9. The number of nitrogens with two attached hydrogens (primary N) is 1. The minimum atomic E-state index is 0. The second kappa shape index (κ2) is 4.51. The summed E-state index contributed by atoms with van der Waals surface area (Å²) in [5.74, 6) is 0.559. The quantitative estimate of drug-likeness (QED) is 0.626. The van der Waals surface area contributed by atoms with Crippen LogP contribution in [0.25, 0.3) is 0 Å². The van der Waals surface area contributed by atoms with E-state index in [2.05, 4.69) is 4.99 Å². The Bertz CT molecular complexity index is 128. The van der Waals surface area contributed by atoms with Gasteiger partial charge in [-0.2, -0.15) is 0 Å². The molecule has 10 heavy (non-hydrogen) atoms. The molecular formula is C5H12BrN3O. The summed E-state index contributed by atoms with van der Waals surface area (Å²) in [4.78, 5) is 5.81. The van der Waals surface area contributed by atoms with E-state index in [0.29, 0.717) is 12.5 Å². The second-order valence-corrected chi connectivity index (χ2v) is 1.95. The molecule has 0 spiro atoms. The molecule has 0 unspecified atom stereocenters. The lowest BCUT2D eigenvalue weighted by molar-refractivity contribution is 0.255. The van der Waals surface area contributed by atoms with Gasteiger partial charge in [0.25, 0.3) is 0 Å². The molecular weight excluding hydrogens is 198 g/mol. The number of halogens is 1. The summed E-state index contributed by atoms with van der Waals surface area (Å²) >= 11 is 0. The molecule has 5 heteroatoms. The Morgan fingerprint density at radius 1 is 1.70 bits per heavy atom. The van der Waals surface area contributed by atoms with Crippen LogP contribution < -0.4 is 5.73 Å². The molecule has 0 amide bonds. The lowest BCUT2D eigenvalue weighted by Gasteiger charge is -2.14. The van der Waals surface area contributed by atoms with Gasteiger partial charge in [0.2, 0.25) is 0 Å². The molecule has 1 rings (SSSR count). The third kappa shape index (κ3) is 2.15. The van der Waals surface area contributed by atoms with Crippen molar-refractivity contribution in [3.8, 4) is 0 Å². The van der Waals surface area contributed by atoms with Crippen molar-refractivity contribution in [2.24, 2.45) is 10.7 Å². The first-order valence-corrected chi connectivity index (χ1v) is 3.00. The van der Waals surface area contributed by atoms with E-state index in [-0.39, 0.29) is 23.6 Å². The molecule has 0 aliphatic carbocycles. The smallest absolute Gasteiger partial charge is 0.191 e. The number of hydrogen-bond acceptors (Lipinski definition) is 4. The van der Waals surface area contributed by atoms with Gasteiger partial charge in [-0.3, -0.25) is 4.99 Å². The predicted molar refractivity (Wildman–Crippen MR) is 45.5 cm³/mol. The highest BCUT2D eigenvalue weighted by molar-refractivity contribution is 8.93. The van der Waals surface area contributed by atoms with Crippen molar-refractivity contribution in [1.82, 2.24) is 4.90 Å². The van der Waals surface area contributed by atoms with Gasteiger partial charge in [0.1, 0.15) is 0 Å². The van der Waals surface area contributed by atoms with Crippen molar-refractivity contribution in [1.29, 1.82) is 0 Å². The van der Waals surface area contributed by atoms with Crippen LogP contribution in [0.1, 0.15) is 0 Å². The van der Waals surface area contributed by atoms with Gasteiger partial charge in [0.05, 0.1) is 13.2 Å². The summed E-state index contributed by atoms with van der Waals surface area (Å²) < 4.78 is 0. The Hall–Kier alpha value is -0.290. The fourth-order valence-electron chi connectivity index (χ4n) is 0.847. The van der Waals surface area contributed by atoms with Crippen molar-refractivity contribution in [2.75, 3.05) is 26.2 Å². The third-order valence-electron chi connectivity index (χ3n) is 1.34. The number of aliphatic hydroxyl groups is 1. The van der Waals surface area contributed by atoms with E-state index < -0.39 is 0 Å². The maximum atomic E-state index is 8.49. The monoisotopic (exact) mass is 209 g/mol. The molecule has 0 atom stereocenters. The molecule has 0 saturated carbocycles. The molecule has 1 heterocycles. The Morgan fingerprint density at radius 2 is 2.40 bits per heavy atom. The van der Waals surface area contributed by atoms with Crippen LogP contribution in [0.5, 0.6) is 0 Å². The van der Waals surface area contributed by atoms with Crippen molar-refractivity contribution < 1.29 is 5.11 Å². The Morgan fingerprint density at radius 3 is 2.80 bits per heavy atom. The third-order valence-corrected chi connectivity index (χ3v) is 1.34. The standard InChI is InChI=1S/C5H11N3O.BrH/c6-5-7-1-2-8(5)3-4-9;/h9H,1-4H2,(H2,6,7);1H. The minimum absolute atomic E-state index is 0. The van der Waals surface area contributed by atoms with Gasteiger partial charge in [-0.1, -0.05) is 0 Å². The first kappa shape index (κ1) is 9.71. The minimum Gasteiger partial charge on any atom is -0.395 e. The van der Waals surface area contributed by atoms with Crippen LogP contribution in [-0.4, -0.2) is 42.2 Å². The zero-order valence-corrected chi connectivity index (χ0v) is 7.37. The molecule has 1 aliphatic heterocycles. The summed E-state index contributed by atoms with van der Waals surface area (Å²) in [6.45, 7) is 2.38. The zero-order chi connectivity index (χ0) is 6.69. The van der Waals surface area contributed by atoms with Gasteiger partial charge < -0.3 is 15.7 Å². The fraction of sp³-hybridized carbons (Fsp3) is 0.800. The van der Waals surface area contributed by atoms with E-state index in [9.17, 15) is 0 Å². The molecule has 0 aromatic carbocycles. The van der Waals surface area contributed by atoms with Crippen LogP contribution in [0.15, 0.2) is 4.99 Å². The summed E-state index contributed by atoms with van der Waals surface area (Å²) in [6.07, 6.45) is 0. The van der Waals surface area contributed by atoms with Gasteiger partial charge in [-0.25, -0.2) is 0 Å². The van der Waals surface area contributed by atoms with Gasteiger partial charge in [0, 0.05) is 13.1 Å². The van der Waals surface area contributed by atoms with E-state index in [4.69, 9.17) is 10.8 Å². The topological polar surface area (TPSA) is 61.8 Å². The van der Waals surface area contributed by atoms with Crippen LogP contribution in [0.4, 0.5) is 0 Å². The summed E-state index contributed by atoms with van der Waals surface area (Å²) in [6, 6.07) is 0. The normalized spacial score (nSPS) is 16.5. The van der Waals surface area contributed by atoms with Crippen molar-refractivity contribution >= 4 is 22.9 Å². The van der Waals surface area contributed by atoms with Crippen molar-refractivity contribution in [2.45, 2.75) is 0 Å². The number of aliphatic hydroxyl groups excluding tert-OH is 1. The summed E-state index contributed by atoms with van der Waals surface area (Å²) in [7, 11) is 0. The van der Waals surface area contributed by atoms with Crippen LogP contribution in [0.3, 0.4) is 0 Å². The van der Waals surface area contributed by atoms with Gasteiger partial charge in [0.15, 0.2) is 5.96 Å². The molecule has 0 bridgehead atoms. The van der Waals surface area contributed by atoms with Crippen LogP contribution in [0.2, 0.25) is 0 Å². The number of β-amino-alcohol motifs (C(OH)–C–C–N with tert-alkyl or cyclic N) is 1. The van der Waals surface area contributed by atoms with E-state index >= 15 is 0 Å². The summed E-state index contributed by atoms with van der Waals surface area (Å²) in [5.41, 5.74) is 5.43. The maximum absolute atomic E-state index is 8.49. The average Bonchev–Trinajstić information content (AvgIpc) is 2.18. The number of aliphatic imine (C=N–C) groups is 1. The molecule has 0 saturated heterocycles. The zero-order valence-electron chi connectivity index (χ0n) is 5.66. The van der Waals surface area contributed by atoms with Gasteiger partial charge >= 0.3 is 0 Å². The average molecular weight is 210 g/mol. The molecule has 1 aliphatic rings. The molecule has 0 aromatic rings. The fourth-order valence-corrected chi connectivity index (χ4v) is 0.847. The second-order valence-electron chi connectivity index (χ2n) is 1.95. The SMILES string of the molecule is Br.NC1=NCCN1CCO. The molecule has 3 N–H and O–H groups in total. The molecule has 4 nitrogen and oxygen atoms in total. The highest BCUT2D eigenvalue weighted by Crippen LogP contribution is 1.94. The van der Waals surface area contributed by atoms with Crippen molar-refractivity contribution in [3.05, 3.63) is 0 Å². The van der Waals surface area contributed by atoms with E-state index in [0.717, 1.165) is 13.1 Å². The Balaban J connectivity index is 0.000000810. The Labute approximate surface area is 70.5 Å². The first-order chi connectivity index (χ1) is 4.34. The van der Waals surface area contributed by atoms with Crippen LogP contribution in [-0.2, 0) is 0 Å². The number of rotatable bonds is 2. The lowest BCUT2D eigenvalue weighted by atomic mass is 10.5. The largest absolute Gasteiger partial charge is 0.395 e. The van der Waals surface area contributed by atoms with Gasteiger partial charge in [-0.05, 0) is 0 Å². The number of hydrogen-bond donors (Lipinski definition) is 2. The van der Waals surface area contributed by atoms with E-state index in [1.807, 2.05) is 4.90 Å². The maximum Gasteiger partial charge on any atom is 0.191 e. The van der Waals surface area contributed by atoms with Gasteiger partial charge in [-0.15, -0.1) is 17.0 Å². The molecule has 0 fully saturated rings. The molecule has 60 valence electrons. The van der Waals surface area contributed by atoms with E-state index in [1.165, 1.54) is 0 Å². The number of guanidine groups is 1. The van der Waals surface area contributed by atoms with Crippen molar-refractivity contribution in [3.63, 3.8) is 0 Å². The molecule has 0 radical (unpaired) electrons. The van der Waals surface area contributed by atoms with Crippen LogP contribution in [0, 0.1) is 0 Å². The first-order valence-electron chi connectivity index (χ1n) is 3.00. The lowest BCUT2D eigenvalue weighted by Crippen LogP contribution is -2.35.